The molecular weight excluding hydrogens is 581 g/mol. The lowest BCUT2D eigenvalue weighted by atomic mass is 10.1. The molecule has 0 saturated heterocycles. The molecule has 8 nitrogen and oxygen atoms in total. The van der Waals surface area contributed by atoms with Gasteiger partial charge in [0.05, 0.1) is 5.25 Å². The molecule has 5 rings (SSSR count). The number of carbonyl (C=O) groups is 3. The summed E-state index contributed by atoms with van der Waals surface area (Å²) in [5, 5.41) is 10.4. The first-order valence-corrected chi connectivity index (χ1v) is 15.1. The molecule has 0 aliphatic carbocycles. The van der Waals surface area contributed by atoms with Gasteiger partial charge in [0, 0.05) is 39.4 Å². The molecule has 0 radical (unpaired) electrons. The average Bonchev–Trinajstić information content (AvgIpc) is 3.71. The van der Waals surface area contributed by atoms with Gasteiger partial charge in [-0.15, -0.1) is 23.1 Å². The van der Waals surface area contributed by atoms with Gasteiger partial charge < -0.3 is 20.4 Å². The molecule has 3 aromatic carbocycles. The normalized spacial score (nSPS) is 11.9. The van der Waals surface area contributed by atoms with Gasteiger partial charge in [0.25, 0.3) is 11.8 Å². The topological polar surface area (TPSA) is 113 Å². The Balaban J connectivity index is 1.30. The van der Waals surface area contributed by atoms with E-state index >= 15 is 0 Å². The summed E-state index contributed by atoms with van der Waals surface area (Å²) in [5.41, 5.74) is 2.99. The molecule has 0 saturated carbocycles. The molecule has 1 atom stereocenters. The van der Waals surface area contributed by atoms with Crippen molar-refractivity contribution in [2.75, 3.05) is 10.6 Å². The third kappa shape index (κ3) is 8.09. The molecule has 3 amide bonds. The SMILES string of the molecule is Cc1ccc(-c2ccc(/C=C(\NC(=O)c3ccccc3)C(=O)Nc3ccc(SC(C)C(=O)Nc4nccs4)cc3)o2)cc1. The molecule has 0 aliphatic heterocycles. The molecule has 1 unspecified atom stereocenters. The number of furan rings is 1. The summed E-state index contributed by atoms with van der Waals surface area (Å²) in [7, 11) is 0. The number of rotatable bonds is 10. The van der Waals surface area contributed by atoms with E-state index in [2.05, 4.69) is 20.9 Å². The molecule has 43 heavy (non-hydrogen) atoms. The first-order valence-electron chi connectivity index (χ1n) is 13.4. The van der Waals surface area contributed by atoms with Gasteiger partial charge in [-0.25, -0.2) is 4.98 Å². The van der Waals surface area contributed by atoms with Gasteiger partial charge in [0.2, 0.25) is 5.91 Å². The van der Waals surface area contributed by atoms with Crippen LogP contribution >= 0.6 is 23.1 Å². The zero-order chi connectivity index (χ0) is 30.2. The van der Waals surface area contributed by atoms with E-state index in [9.17, 15) is 14.4 Å². The van der Waals surface area contributed by atoms with Crippen molar-refractivity contribution in [3.63, 3.8) is 0 Å². The van der Waals surface area contributed by atoms with E-state index in [1.165, 1.54) is 29.2 Å². The van der Waals surface area contributed by atoms with E-state index in [4.69, 9.17) is 4.42 Å². The summed E-state index contributed by atoms with van der Waals surface area (Å²) in [6.45, 7) is 3.83. The number of amides is 3. The Morgan fingerprint density at radius 1 is 0.907 bits per heavy atom. The first kappa shape index (κ1) is 29.6. The van der Waals surface area contributed by atoms with Gasteiger partial charge in [0.1, 0.15) is 17.2 Å². The number of thioether (sulfide) groups is 1. The number of benzene rings is 3. The standard InChI is InChI=1S/C33H28N4O4S2/c1-21-8-10-23(11-9-21)29-17-14-26(41-29)20-28(36-31(39)24-6-4-3-5-7-24)32(40)35-25-12-15-27(16-13-25)43-22(2)30(38)37-33-34-18-19-42-33/h3-20,22H,1-2H3,(H,35,40)(H,36,39)(H,34,37,38)/b28-20-. The van der Waals surface area contributed by atoms with Gasteiger partial charge in [-0.05, 0) is 62.4 Å². The fraction of sp³-hybridized carbons (Fsp3) is 0.0909. The van der Waals surface area contributed by atoms with Gasteiger partial charge in [-0.3, -0.25) is 14.4 Å². The molecule has 2 heterocycles. The summed E-state index contributed by atoms with van der Waals surface area (Å²) in [4.78, 5) is 43.8. The van der Waals surface area contributed by atoms with Gasteiger partial charge in [-0.1, -0.05) is 48.0 Å². The van der Waals surface area contributed by atoms with E-state index in [0.29, 0.717) is 27.9 Å². The van der Waals surface area contributed by atoms with Crippen molar-refractivity contribution >= 4 is 57.7 Å². The maximum atomic E-state index is 13.4. The number of aromatic nitrogens is 1. The van der Waals surface area contributed by atoms with Gasteiger partial charge >= 0.3 is 0 Å². The number of hydrogen-bond acceptors (Lipinski definition) is 7. The van der Waals surface area contributed by atoms with Crippen molar-refractivity contribution in [3.8, 4) is 11.3 Å². The minimum absolute atomic E-state index is 0.0181. The number of hydrogen-bond donors (Lipinski definition) is 3. The average molecular weight is 609 g/mol. The zero-order valence-electron chi connectivity index (χ0n) is 23.4. The third-order valence-electron chi connectivity index (χ3n) is 6.23. The number of thiazole rings is 1. The van der Waals surface area contributed by atoms with Crippen molar-refractivity contribution in [1.82, 2.24) is 10.3 Å². The fourth-order valence-electron chi connectivity index (χ4n) is 3.95. The molecule has 0 aliphatic rings. The maximum Gasteiger partial charge on any atom is 0.272 e. The highest BCUT2D eigenvalue weighted by molar-refractivity contribution is 8.00. The van der Waals surface area contributed by atoms with Crippen LogP contribution in [-0.2, 0) is 9.59 Å². The molecule has 5 aromatic rings. The number of aryl methyl sites for hydroxylation is 1. The van der Waals surface area contributed by atoms with E-state index in [-0.39, 0.29) is 16.9 Å². The van der Waals surface area contributed by atoms with Crippen LogP contribution in [0.4, 0.5) is 10.8 Å². The Labute approximate surface area is 257 Å². The predicted octanol–water partition coefficient (Wildman–Crippen LogP) is 7.24. The second kappa shape index (κ2) is 13.8. The van der Waals surface area contributed by atoms with Crippen LogP contribution in [0.1, 0.15) is 28.6 Å². The van der Waals surface area contributed by atoms with E-state index < -0.39 is 11.8 Å². The van der Waals surface area contributed by atoms with Crippen molar-refractivity contribution < 1.29 is 18.8 Å². The van der Waals surface area contributed by atoms with Crippen LogP contribution in [0.25, 0.3) is 17.4 Å². The summed E-state index contributed by atoms with van der Waals surface area (Å²) < 4.78 is 5.99. The van der Waals surface area contributed by atoms with E-state index in [0.717, 1.165) is 16.0 Å². The minimum atomic E-state index is -0.519. The fourth-order valence-corrected chi connectivity index (χ4v) is 5.35. The second-order valence-corrected chi connectivity index (χ2v) is 11.8. The highest BCUT2D eigenvalue weighted by atomic mass is 32.2. The molecule has 0 bridgehead atoms. The molecule has 0 fully saturated rings. The lowest BCUT2D eigenvalue weighted by molar-refractivity contribution is -0.115. The molecule has 0 spiro atoms. The van der Waals surface area contributed by atoms with Crippen LogP contribution in [0.5, 0.6) is 0 Å². The van der Waals surface area contributed by atoms with E-state index in [1.54, 1.807) is 54.0 Å². The Kier molecular flexibility index (Phi) is 9.50. The molecule has 10 heteroatoms. The molecule has 216 valence electrons. The zero-order valence-corrected chi connectivity index (χ0v) is 25.0. The largest absolute Gasteiger partial charge is 0.457 e. The van der Waals surface area contributed by atoms with Crippen molar-refractivity contribution in [1.29, 1.82) is 0 Å². The minimum Gasteiger partial charge on any atom is -0.457 e. The smallest absolute Gasteiger partial charge is 0.272 e. The van der Waals surface area contributed by atoms with Crippen molar-refractivity contribution in [3.05, 3.63) is 125 Å². The summed E-state index contributed by atoms with van der Waals surface area (Å²) in [6.07, 6.45) is 3.14. The van der Waals surface area contributed by atoms with Crippen LogP contribution in [0.3, 0.4) is 0 Å². The molecule has 2 aromatic heterocycles. The molecular formula is C33H28N4O4S2. The number of nitrogens with one attached hydrogen (secondary N) is 3. The summed E-state index contributed by atoms with van der Waals surface area (Å²) >= 11 is 2.75. The number of nitrogens with zero attached hydrogens (tertiary/aromatic N) is 1. The van der Waals surface area contributed by atoms with Crippen LogP contribution in [-0.4, -0.2) is 28.0 Å². The quantitative estimate of drug-likeness (QED) is 0.114. The summed E-state index contributed by atoms with van der Waals surface area (Å²) in [6, 6.07) is 27.2. The van der Waals surface area contributed by atoms with Crippen LogP contribution in [0.15, 0.2) is 118 Å². The first-order chi connectivity index (χ1) is 20.8. The van der Waals surface area contributed by atoms with E-state index in [1.807, 2.05) is 62.4 Å². The van der Waals surface area contributed by atoms with Crippen LogP contribution in [0.2, 0.25) is 0 Å². The maximum absolute atomic E-state index is 13.4. The number of carbonyl (C=O) groups excluding carboxylic acids is 3. The van der Waals surface area contributed by atoms with Crippen LogP contribution < -0.4 is 16.0 Å². The third-order valence-corrected chi connectivity index (χ3v) is 8.04. The lowest BCUT2D eigenvalue weighted by Crippen LogP contribution is -2.30. The predicted molar refractivity (Wildman–Crippen MR) is 172 cm³/mol. The Morgan fingerprint density at radius 2 is 1.65 bits per heavy atom. The Hall–Kier alpha value is -4.93. The van der Waals surface area contributed by atoms with Gasteiger partial charge in [0.15, 0.2) is 5.13 Å². The van der Waals surface area contributed by atoms with Gasteiger partial charge in [-0.2, -0.15) is 0 Å². The lowest BCUT2D eigenvalue weighted by Gasteiger charge is -2.13. The second-order valence-electron chi connectivity index (χ2n) is 9.51. The van der Waals surface area contributed by atoms with Crippen molar-refractivity contribution in [2.24, 2.45) is 0 Å². The number of anilines is 2. The monoisotopic (exact) mass is 608 g/mol. The Morgan fingerprint density at radius 3 is 2.35 bits per heavy atom. The molecule has 3 N–H and O–H groups in total. The van der Waals surface area contributed by atoms with Crippen LogP contribution in [0, 0.1) is 6.92 Å². The highest BCUT2D eigenvalue weighted by Gasteiger charge is 2.18. The Bertz CT molecular complexity index is 1730. The highest BCUT2D eigenvalue weighted by Crippen LogP contribution is 2.27. The van der Waals surface area contributed by atoms with Crippen molar-refractivity contribution in [2.45, 2.75) is 24.0 Å². The summed E-state index contributed by atoms with van der Waals surface area (Å²) in [5.74, 6) is -0.0446.